The number of nitrogens with one attached hydrogen (secondary N) is 1. The maximum atomic E-state index is 5.81. The molecule has 0 saturated heterocycles. The fourth-order valence-electron chi connectivity index (χ4n) is 3.23. The highest BCUT2D eigenvalue weighted by atomic mass is 35.5. The average molecular weight is 439 g/mol. The first-order valence-corrected chi connectivity index (χ1v) is 10.5. The van der Waals surface area contributed by atoms with Crippen LogP contribution in [0.2, 0.25) is 5.15 Å². The van der Waals surface area contributed by atoms with Gasteiger partial charge in [0.05, 0.1) is 34.5 Å². The Morgan fingerprint density at radius 1 is 0.710 bits per heavy atom. The second-order valence-electron chi connectivity index (χ2n) is 7.32. The van der Waals surface area contributed by atoms with E-state index in [1.54, 1.807) is 12.4 Å². The van der Waals surface area contributed by atoms with Crippen molar-refractivity contribution in [1.82, 2.24) is 19.9 Å². The van der Waals surface area contributed by atoms with Crippen molar-refractivity contribution in [3.05, 3.63) is 63.1 Å². The Kier molecular flexibility index (Phi) is 8.25. The summed E-state index contributed by atoms with van der Waals surface area (Å²) < 4.78 is 0. The quantitative estimate of drug-likeness (QED) is 0.414. The van der Waals surface area contributed by atoms with Gasteiger partial charge in [0.1, 0.15) is 11.0 Å². The number of nitrogens with zero attached hydrogens (tertiary/aromatic N) is 4. The molecular weight excluding hydrogens is 408 g/mol. The summed E-state index contributed by atoms with van der Waals surface area (Å²) in [5.74, 6) is 0.814. The highest BCUT2D eigenvalue weighted by Gasteiger charge is 2.07. The molecule has 2 aromatic carbocycles. The van der Waals surface area contributed by atoms with Gasteiger partial charge in [-0.05, 0) is 94.1 Å². The lowest BCUT2D eigenvalue weighted by atomic mass is 10.0. The third kappa shape index (κ3) is 5.27. The van der Waals surface area contributed by atoms with Gasteiger partial charge in [0.25, 0.3) is 0 Å². The SMILES string of the molecule is CN.CNc1cnc2cc(C)c(C)c(C)c2n1.Cc1cc2ncc(Cl)nc2c(C)c1C. The lowest BCUT2D eigenvalue weighted by Crippen LogP contribution is -1.97. The minimum atomic E-state index is 0.448. The van der Waals surface area contributed by atoms with Crippen molar-refractivity contribution in [1.29, 1.82) is 0 Å². The van der Waals surface area contributed by atoms with Crippen LogP contribution in [-0.2, 0) is 0 Å². The second kappa shape index (κ2) is 10.5. The van der Waals surface area contributed by atoms with Crippen molar-refractivity contribution in [2.24, 2.45) is 5.73 Å². The summed E-state index contributed by atoms with van der Waals surface area (Å²) in [7, 11) is 3.35. The molecule has 0 unspecified atom stereocenters. The Hall–Kier alpha value is -2.83. The van der Waals surface area contributed by atoms with Gasteiger partial charge in [-0.1, -0.05) is 11.6 Å². The first-order valence-electron chi connectivity index (χ1n) is 10.1. The molecule has 7 heteroatoms. The van der Waals surface area contributed by atoms with E-state index in [1.807, 2.05) is 13.1 Å². The van der Waals surface area contributed by atoms with Crippen LogP contribution in [0.25, 0.3) is 22.1 Å². The van der Waals surface area contributed by atoms with E-state index < -0.39 is 0 Å². The van der Waals surface area contributed by atoms with Crippen molar-refractivity contribution in [2.45, 2.75) is 41.5 Å². The molecule has 164 valence electrons. The molecule has 4 aromatic rings. The third-order valence-corrected chi connectivity index (χ3v) is 5.74. The number of hydrogen-bond donors (Lipinski definition) is 2. The molecule has 2 heterocycles. The van der Waals surface area contributed by atoms with E-state index in [0.29, 0.717) is 5.15 Å². The number of hydrogen-bond acceptors (Lipinski definition) is 6. The summed E-state index contributed by atoms with van der Waals surface area (Å²) in [5.41, 5.74) is 15.7. The minimum Gasteiger partial charge on any atom is -0.372 e. The van der Waals surface area contributed by atoms with Crippen LogP contribution in [0.1, 0.15) is 33.4 Å². The summed E-state index contributed by atoms with van der Waals surface area (Å²) in [4.78, 5) is 17.4. The predicted molar refractivity (Wildman–Crippen MR) is 132 cm³/mol. The van der Waals surface area contributed by atoms with Gasteiger partial charge in [0, 0.05) is 7.05 Å². The normalized spacial score (nSPS) is 10.3. The topological polar surface area (TPSA) is 89.6 Å². The van der Waals surface area contributed by atoms with Crippen LogP contribution in [0.4, 0.5) is 5.82 Å². The monoisotopic (exact) mass is 438 g/mol. The van der Waals surface area contributed by atoms with E-state index in [2.05, 4.69) is 78.6 Å². The third-order valence-electron chi connectivity index (χ3n) is 5.55. The largest absolute Gasteiger partial charge is 0.372 e. The number of anilines is 1. The van der Waals surface area contributed by atoms with Crippen LogP contribution in [0.5, 0.6) is 0 Å². The van der Waals surface area contributed by atoms with E-state index in [0.717, 1.165) is 33.4 Å². The molecule has 0 aliphatic carbocycles. The molecular formula is C24H31ClN6. The Balaban J connectivity index is 0.000000204. The van der Waals surface area contributed by atoms with Crippen LogP contribution >= 0.6 is 11.6 Å². The molecule has 4 rings (SSSR count). The fraction of sp³-hybridized carbons (Fsp3) is 0.333. The number of halogens is 1. The molecule has 0 saturated carbocycles. The smallest absolute Gasteiger partial charge is 0.148 e. The lowest BCUT2D eigenvalue weighted by molar-refractivity contribution is 1.21. The van der Waals surface area contributed by atoms with E-state index >= 15 is 0 Å². The molecule has 0 aliphatic rings. The first-order chi connectivity index (χ1) is 14.7. The summed E-state index contributed by atoms with van der Waals surface area (Å²) in [5, 5.41) is 3.45. The van der Waals surface area contributed by atoms with Crippen LogP contribution in [0.15, 0.2) is 24.5 Å². The maximum Gasteiger partial charge on any atom is 0.148 e. The number of benzene rings is 2. The van der Waals surface area contributed by atoms with Crippen molar-refractivity contribution in [3.8, 4) is 0 Å². The molecule has 0 amide bonds. The summed E-state index contributed by atoms with van der Waals surface area (Å²) in [6.07, 6.45) is 3.34. The van der Waals surface area contributed by atoms with Gasteiger partial charge >= 0.3 is 0 Å². The summed E-state index contributed by atoms with van der Waals surface area (Å²) in [6.45, 7) is 12.5. The molecule has 0 atom stereocenters. The van der Waals surface area contributed by atoms with Gasteiger partial charge in [0.15, 0.2) is 0 Å². The van der Waals surface area contributed by atoms with E-state index in [1.165, 1.54) is 34.9 Å². The fourth-order valence-corrected chi connectivity index (χ4v) is 3.37. The zero-order valence-corrected chi connectivity index (χ0v) is 20.3. The molecule has 0 radical (unpaired) electrons. The van der Waals surface area contributed by atoms with Crippen molar-refractivity contribution in [3.63, 3.8) is 0 Å². The molecule has 0 aliphatic heterocycles. The van der Waals surface area contributed by atoms with Crippen molar-refractivity contribution >= 4 is 39.5 Å². The highest BCUT2D eigenvalue weighted by molar-refractivity contribution is 6.29. The predicted octanol–water partition coefficient (Wildman–Crippen LogP) is 5.38. The molecule has 0 spiro atoms. The second-order valence-corrected chi connectivity index (χ2v) is 7.71. The van der Waals surface area contributed by atoms with Crippen LogP contribution in [-0.4, -0.2) is 34.0 Å². The van der Waals surface area contributed by atoms with E-state index in [-0.39, 0.29) is 0 Å². The Morgan fingerprint density at radius 3 is 1.65 bits per heavy atom. The number of aryl methyl sites for hydroxylation is 4. The van der Waals surface area contributed by atoms with Crippen molar-refractivity contribution in [2.75, 3.05) is 19.4 Å². The van der Waals surface area contributed by atoms with Gasteiger partial charge in [-0.3, -0.25) is 9.97 Å². The van der Waals surface area contributed by atoms with Gasteiger partial charge < -0.3 is 11.1 Å². The van der Waals surface area contributed by atoms with E-state index in [9.17, 15) is 0 Å². The van der Waals surface area contributed by atoms with E-state index in [4.69, 9.17) is 11.6 Å². The molecule has 3 N–H and O–H groups in total. The zero-order chi connectivity index (χ0) is 23.3. The Morgan fingerprint density at radius 2 is 1.16 bits per heavy atom. The molecule has 0 bridgehead atoms. The maximum absolute atomic E-state index is 5.81. The number of fused-ring (bicyclic) bond motifs is 2. The first kappa shape index (κ1) is 24.4. The number of nitrogens with two attached hydrogens (primary N) is 1. The van der Waals surface area contributed by atoms with Crippen LogP contribution in [0, 0.1) is 41.5 Å². The summed E-state index contributed by atoms with van der Waals surface area (Å²) in [6, 6.07) is 4.13. The van der Waals surface area contributed by atoms with Crippen LogP contribution < -0.4 is 11.1 Å². The average Bonchev–Trinajstić information content (AvgIpc) is 2.78. The lowest BCUT2D eigenvalue weighted by Gasteiger charge is -2.09. The Labute approximate surface area is 189 Å². The number of rotatable bonds is 1. The number of aromatic nitrogens is 4. The molecule has 0 fully saturated rings. The van der Waals surface area contributed by atoms with Crippen LogP contribution in [0.3, 0.4) is 0 Å². The molecule has 31 heavy (non-hydrogen) atoms. The van der Waals surface area contributed by atoms with Gasteiger partial charge in [0.2, 0.25) is 0 Å². The molecule has 2 aromatic heterocycles. The van der Waals surface area contributed by atoms with Gasteiger partial charge in [-0.15, -0.1) is 0 Å². The van der Waals surface area contributed by atoms with Crippen molar-refractivity contribution < 1.29 is 0 Å². The molecule has 6 nitrogen and oxygen atoms in total. The zero-order valence-electron chi connectivity index (χ0n) is 19.6. The summed E-state index contributed by atoms with van der Waals surface area (Å²) >= 11 is 5.81. The Bertz CT molecular complexity index is 1220. The van der Waals surface area contributed by atoms with Gasteiger partial charge in [-0.2, -0.15) is 0 Å². The minimum absolute atomic E-state index is 0.448. The van der Waals surface area contributed by atoms with Gasteiger partial charge in [-0.25, -0.2) is 9.97 Å². The standard InChI is InChI=1S/C12H15N3.C11H11ClN2.CH5N/c1-7-5-10-12(9(3)8(7)2)15-11(13-4)6-14-10;1-6-4-9-11(8(3)7(6)2)14-10(12)5-13-9;1-2/h5-6H,1-4H3,(H,13,15);4-5H,1-3H3;2H2,1H3. The highest BCUT2D eigenvalue weighted by Crippen LogP contribution is 2.23.